The molecule has 1 aliphatic rings. The second-order valence-electron chi connectivity index (χ2n) is 5.58. The predicted octanol–water partition coefficient (Wildman–Crippen LogP) is 5.16. The summed E-state index contributed by atoms with van der Waals surface area (Å²) in [7, 11) is 0. The first-order chi connectivity index (χ1) is 11.9. The number of hydrogen-bond acceptors (Lipinski definition) is 2. The minimum Gasteiger partial charge on any atom is -0.327 e. The van der Waals surface area contributed by atoms with Crippen molar-refractivity contribution in [3.8, 4) is 0 Å². The number of halogens is 3. The highest BCUT2D eigenvalue weighted by molar-refractivity contribution is 6.42. The van der Waals surface area contributed by atoms with E-state index in [1.165, 1.54) is 0 Å². The van der Waals surface area contributed by atoms with Crippen LogP contribution in [0.15, 0.2) is 53.7 Å². The molecule has 3 rings (SSSR count). The number of Topliss-reactive ketones (excluding diaryl/α,β-unsaturated/α-hetero) is 1. The molecule has 0 aromatic heterocycles. The lowest BCUT2D eigenvalue weighted by Crippen LogP contribution is -2.45. The Balaban J connectivity index is 2.07. The Morgan fingerprint density at radius 1 is 1.00 bits per heavy atom. The van der Waals surface area contributed by atoms with E-state index in [0.29, 0.717) is 37.5 Å². The van der Waals surface area contributed by atoms with Crippen molar-refractivity contribution in [2.75, 3.05) is 0 Å². The van der Waals surface area contributed by atoms with Crippen molar-refractivity contribution in [2.24, 2.45) is 0 Å². The van der Waals surface area contributed by atoms with E-state index < -0.39 is 6.04 Å². The summed E-state index contributed by atoms with van der Waals surface area (Å²) in [5, 5.41) is 6.70. The topological polar surface area (TPSA) is 58.2 Å². The number of ketones is 1. The Morgan fingerprint density at radius 2 is 1.68 bits per heavy atom. The summed E-state index contributed by atoms with van der Waals surface area (Å²) in [4.78, 5) is 24.9. The van der Waals surface area contributed by atoms with E-state index in [1.807, 2.05) is 0 Å². The largest absolute Gasteiger partial charge is 0.327 e. The lowest BCUT2D eigenvalue weighted by molar-refractivity contribution is 0.102. The molecule has 2 amide bonds. The molecular formula is C18H13Cl3N2O2. The van der Waals surface area contributed by atoms with Crippen molar-refractivity contribution < 1.29 is 9.59 Å². The van der Waals surface area contributed by atoms with E-state index in [4.69, 9.17) is 34.8 Å². The van der Waals surface area contributed by atoms with Gasteiger partial charge in [-0.1, -0.05) is 40.9 Å². The molecule has 2 aromatic carbocycles. The number of hydrogen-bond donors (Lipinski definition) is 2. The average molecular weight is 396 g/mol. The number of allylic oxidation sites excluding steroid dienone is 1. The molecule has 1 heterocycles. The zero-order valence-electron chi connectivity index (χ0n) is 13.1. The van der Waals surface area contributed by atoms with E-state index in [0.717, 1.165) is 0 Å². The molecule has 25 heavy (non-hydrogen) atoms. The van der Waals surface area contributed by atoms with Crippen molar-refractivity contribution in [1.82, 2.24) is 10.6 Å². The molecule has 128 valence electrons. The maximum absolute atomic E-state index is 13.0. The summed E-state index contributed by atoms with van der Waals surface area (Å²) in [6.45, 7) is 1.69. The molecule has 0 fully saturated rings. The fourth-order valence-electron chi connectivity index (χ4n) is 2.69. The Labute approximate surface area is 159 Å². The van der Waals surface area contributed by atoms with E-state index in [-0.39, 0.29) is 11.8 Å². The Hall–Kier alpha value is -2.01. The van der Waals surface area contributed by atoms with Crippen LogP contribution in [0.4, 0.5) is 4.79 Å². The van der Waals surface area contributed by atoms with Crippen LogP contribution in [0.25, 0.3) is 0 Å². The lowest BCUT2D eigenvalue weighted by atomic mass is 9.89. The van der Waals surface area contributed by atoms with Gasteiger partial charge in [-0.2, -0.15) is 0 Å². The highest BCUT2D eigenvalue weighted by Gasteiger charge is 2.31. The summed E-state index contributed by atoms with van der Waals surface area (Å²) >= 11 is 17.9. The van der Waals surface area contributed by atoms with Gasteiger partial charge in [0.1, 0.15) is 0 Å². The van der Waals surface area contributed by atoms with Gasteiger partial charge in [0.15, 0.2) is 5.78 Å². The number of amides is 2. The molecule has 7 heteroatoms. The van der Waals surface area contributed by atoms with Gasteiger partial charge in [-0.15, -0.1) is 0 Å². The third-order valence-electron chi connectivity index (χ3n) is 3.90. The molecule has 2 N–H and O–H groups in total. The Morgan fingerprint density at radius 3 is 2.32 bits per heavy atom. The van der Waals surface area contributed by atoms with Gasteiger partial charge >= 0.3 is 6.03 Å². The zero-order valence-corrected chi connectivity index (χ0v) is 15.3. The highest BCUT2D eigenvalue weighted by Crippen LogP contribution is 2.33. The van der Waals surface area contributed by atoms with Crippen LogP contribution < -0.4 is 10.6 Å². The summed E-state index contributed by atoms with van der Waals surface area (Å²) in [6.07, 6.45) is 0. The van der Waals surface area contributed by atoms with Crippen molar-refractivity contribution >= 4 is 46.6 Å². The molecule has 0 saturated heterocycles. The van der Waals surface area contributed by atoms with Gasteiger partial charge in [-0.05, 0) is 48.9 Å². The van der Waals surface area contributed by atoms with Crippen LogP contribution in [-0.4, -0.2) is 11.8 Å². The lowest BCUT2D eigenvalue weighted by Gasteiger charge is -2.29. The average Bonchev–Trinajstić information content (AvgIpc) is 2.57. The molecule has 0 radical (unpaired) electrons. The summed E-state index contributed by atoms with van der Waals surface area (Å²) in [5.74, 6) is -0.210. The molecule has 0 bridgehead atoms. The van der Waals surface area contributed by atoms with Crippen LogP contribution >= 0.6 is 34.8 Å². The van der Waals surface area contributed by atoms with Crippen molar-refractivity contribution in [1.29, 1.82) is 0 Å². The standard InChI is InChI=1S/C18H13Cl3N2O2/c1-9-15(17(24)10-2-5-12(19)6-3-10)16(23-18(25)22-9)11-4-7-13(20)14(21)8-11/h2-8,16H,1H3,(H2,22,23,25)/t16-/m1/s1. The van der Waals surface area contributed by atoms with Crippen molar-refractivity contribution in [3.05, 3.63) is 79.9 Å². The number of carbonyl (C=O) groups excluding carboxylic acids is 2. The van der Waals surface area contributed by atoms with Gasteiger partial charge in [0.05, 0.1) is 16.1 Å². The monoisotopic (exact) mass is 394 g/mol. The third kappa shape index (κ3) is 3.66. The first-order valence-corrected chi connectivity index (χ1v) is 8.53. The molecule has 0 saturated carbocycles. The van der Waals surface area contributed by atoms with Gasteiger partial charge in [0.2, 0.25) is 0 Å². The molecule has 2 aromatic rings. The van der Waals surface area contributed by atoms with Crippen LogP contribution in [0, 0.1) is 0 Å². The first-order valence-electron chi connectivity index (χ1n) is 7.40. The van der Waals surface area contributed by atoms with Gasteiger partial charge in [-0.3, -0.25) is 4.79 Å². The molecule has 0 aliphatic carbocycles. The van der Waals surface area contributed by atoms with E-state index in [9.17, 15) is 9.59 Å². The molecule has 0 spiro atoms. The number of rotatable bonds is 3. The second-order valence-corrected chi connectivity index (χ2v) is 6.83. The minimum atomic E-state index is -0.633. The molecular weight excluding hydrogens is 383 g/mol. The summed E-state index contributed by atoms with van der Waals surface area (Å²) in [6, 6.07) is 10.6. The minimum absolute atomic E-state index is 0.210. The van der Waals surface area contributed by atoms with Gasteiger partial charge < -0.3 is 10.6 Å². The second kappa shape index (κ2) is 7.08. The van der Waals surface area contributed by atoms with Gasteiger partial charge in [-0.25, -0.2) is 4.79 Å². The smallest absolute Gasteiger partial charge is 0.319 e. The maximum Gasteiger partial charge on any atom is 0.319 e. The van der Waals surface area contributed by atoms with Crippen LogP contribution in [0.2, 0.25) is 15.1 Å². The fraction of sp³-hybridized carbons (Fsp3) is 0.111. The molecule has 4 nitrogen and oxygen atoms in total. The van der Waals surface area contributed by atoms with Crippen molar-refractivity contribution in [3.63, 3.8) is 0 Å². The summed E-state index contributed by atoms with van der Waals surface area (Å²) < 4.78 is 0. The predicted molar refractivity (Wildman–Crippen MR) is 99.4 cm³/mol. The fourth-order valence-corrected chi connectivity index (χ4v) is 3.13. The van der Waals surface area contributed by atoms with Crippen LogP contribution in [0.1, 0.15) is 28.9 Å². The van der Waals surface area contributed by atoms with E-state index in [2.05, 4.69) is 10.6 Å². The molecule has 1 aliphatic heterocycles. The number of benzene rings is 2. The van der Waals surface area contributed by atoms with E-state index in [1.54, 1.807) is 49.4 Å². The van der Waals surface area contributed by atoms with E-state index >= 15 is 0 Å². The van der Waals surface area contributed by atoms with Crippen molar-refractivity contribution in [2.45, 2.75) is 13.0 Å². The van der Waals surface area contributed by atoms with Crippen LogP contribution in [-0.2, 0) is 0 Å². The SMILES string of the molecule is CC1=C(C(=O)c2ccc(Cl)cc2)[C@@H](c2ccc(Cl)c(Cl)c2)NC(=O)N1. The Bertz CT molecular complexity index is 892. The first kappa shape index (κ1) is 17.8. The van der Waals surface area contributed by atoms with Gasteiger partial charge in [0, 0.05) is 21.9 Å². The quantitative estimate of drug-likeness (QED) is 0.705. The number of carbonyl (C=O) groups is 2. The number of nitrogens with one attached hydrogen (secondary N) is 2. The summed E-state index contributed by atoms with van der Waals surface area (Å²) in [5.41, 5.74) is 2.06. The normalized spacial score (nSPS) is 17.1. The maximum atomic E-state index is 13.0. The number of urea groups is 1. The molecule has 1 atom stereocenters. The molecule has 0 unspecified atom stereocenters. The highest BCUT2D eigenvalue weighted by atomic mass is 35.5. The van der Waals surface area contributed by atoms with Crippen LogP contribution in [0.5, 0.6) is 0 Å². The zero-order chi connectivity index (χ0) is 18.1. The third-order valence-corrected chi connectivity index (χ3v) is 4.89. The van der Waals surface area contributed by atoms with Gasteiger partial charge in [0.25, 0.3) is 0 Å². The Kier molecular flexibility index (Phi) is 5.04. The van der Waals surface area contributed by atoms with Crippen LogP contribution in [0.3, 0.4) is 0 Å².